The van der Waals surface area contributed by atoms with Crippen LogP contribution in [0.5, 0.6) is 0 Å². The van der Waals surface area contributed by atoms with Crippen LogP contribution in [0.3, 0.4) is 0 Å². The molecule has 1 aromatic heterocycles. The van der Waals surface area contributed by atoms with Crippen molar-refractivity contribution in [2.45, 2.75) is 32.7 Å². The zero-order valence-corrected chi connectivity index (χ0v) is 11.9. The molecule has 0 bridgehead atoms. The van der Waals surface area contributed by atoms with Gasteiger partial charge >= 0.3 is 0 Å². The number of piperidine rings is 1. The summed E-state index contributed by atoms with van der Waals surface area (Å²) in [6, 6.07) is 2.25. The van der Waals surface area contributed by atoms with Gasteiger partial charge in [0.05, 0.1) is 11.4 Å². The molecule has 2 heterocycles. The van der Waals surface area contributed by atoms with Gasteiger partial charge in [0, 0.05) is 20.1 Å². The van der Waals surface area contributed by atoms with E-state index in [2.05, 4.69) is 35.4 Å². The molecule has 1 fully saturated rings. The molecule has 0 saturated carbocycles. The Hall–Kier alpha value is -0.870. The van der Waals surface area contributed by atoms with E-state index in [1.807, 2.05) is 11.7 Å². The largest absolute Gasteiger partial charge is 0.319 e. The molecule has 1 aliphatic heterocycles. The van der Waals surface area contributed by atoms with Crippen molar-refractivity contribution in [3.63, 3.8) is 0 Å². The lowest BCUT2D eigenvalue weighted by Gasteiger charge is -2.32. The second-order valence-corrected chi connectivity index (χ2v) is 5.41. The number of rotatable bonds is 5. The van der Waals surface area contributed by atoms with Crippen LogP contribution in [0.25, 0.3) is 0 Å². The third kappa shape index (κ3) is 3.33. The highest BCUT2D eigenvalue weighted by Gasteiger charge is 2.20. The van der Waals surface area contributed by atoms with Crippen LogP contribution < -0.4 is 5.32 Å². The Morgan fingerprint density at radius 1 is 1.50 bits per heavy atom. The van der Waals surface area contributed by atoms with Crippen LogP contribution in [0.1, 0.15) is 31.2 Å². The Balaban J connectivity index is 1.93. The van der Waals surface area contributed by atoms with Gasteiger partial charge in [-0.1, -0.05) is 6.92 Å². The van der Waals surface area contributed by atoms with E-state index in [4.69, 9.17) is 0 Å². The van der Waals surface area contributed by atoms with Crippen LogP contribution in [-0.2, 0) is 20.0 Å². The number of hydrogen-bond donors (Lipinski definition) is 1. The summed E-state index contributed by atoms with van der Waals surface area (Å²) >= 11 is 0. The van der Waals surface area contributed by atoms with E-state index in [1.165, 1.54) is 37.3 Å². The van der Waals surface area contributed by atoms with Crippen LogP contribution in [0, 0.1) is 5.92 Å². The highest BCUT2D eigenvalue weighted by atomic mass is 15.3. The quantitative estimate of drug-likeness (QED) is 0.858. The molecule has 0 aliphatic carbocycles. The number of nitrogens with zero attached hydrogens (tertiary/aromatic N) is 3. The molecule has 0 spiro atoms. The maximum Gasteiger partial charge on any atom is 0.0625 e. The zero-order valence-electron chi connectivity index (χ0n) is 11.9. The Morgan fingerprint density at radius 2 is 2.33 bits per heavy atom. The normalized spacial score (nSPS) is 21.4. The summed E-state index contributed by atoms with van der Waals surface area (Å²) in [4.78, 5) is 2.57. The third-order valence-corrected chi connectivity index (χ3v) is 3.87. The predicted octanol–water partition coefficient (Wildman–Crippen LogP) is 1.41. The first kappa shape index (κ1) is 13.6. The molecule has 1 aromatic rings. The Kier molecular flexibility index (Phi) is 4.78. The molecule has 1 saturated heterocycles. The molecule has 1 atom stereocenters. The van der Waals surface area contributed by atoms with E-state index in [0.29, 0.717) is 0 Å². The summed E-state index contributed by atoms with van der Waals surface area (Å²) in [5.74, 6) is 0.808. The first-order valence-electron chi connectivity index (χ1n) is 7.11. The fraction of sp³-hybridized carbons (Fsp3) is 0.786. The Morgan fingerprint density at radius 3 is 3.00 bits per heavy atom. The first-order valence-corrected chi connectivity index (χ1v) is 7.11. The molecule has 102 valence electrons. The molecule has 1 unspecified atom stereocenters. The van der Waals surface area contributed by atoms with Crippen LogP contribution in [-0.4, -0.2) is 41.4 Å². The van der Waals surface area contributed by atoms with Gasteiger partial charge in [-0.2, -0.15) is 5.10 Å². The molecule has 0 radical (unpaired) electrons. The van der Waals surface area contributed by atoms with Crippen molar-refractivity contribution in [2.24, 2.45) is 13.0 Å². The average Bonchev–Trinajstić information content (AvgIpc) is 2.71. The van der Waals surface area contributed by atoms with E-state index in [-0.39, 0.29) is 0 Å². The first-order chi connectivity index (χ1) is 8.72. The van der Waals surface area contributed by atoms with E-state index in [1.54, 1.807) is 0 Å². The lowest BCUT2D eigenvalue weighted by atomic mass is 9.98. The topological polar surface area (TPSA) is 33.1 Å². The third-order valence-electron chi connectivity index (χ3n) is 3.87. The van der Waals surface area contributed by atoms with Crippen LogP contribution in [0.4, 0.5) is 0 Å². The summed E-state index contributed by atoms with van der Waals surface area (Å²) in [7, 11) is 4.11. The lowest BCUT2D eigenvalue weighted by Crippen LogP contribution is -2.38. The van der Waals surface area contributed by atoms with Gasteiger partial charge in [0.25, 0.3) is 0 Å². The second kappa shape index (κ2) is 6.34. The molecular formula is C14H26N4. The molecule has 1 N–H and O–H groups in total. The van der Waals surface area contributed by atoms with E-state index < -0.39 is 0 Å². The molecule has 1 aliphatic rings. The molecule has 18 heavy (non-hydrogen) atoms. The monoisotopic (exact) mass is 250 g/mol. The summed E-state index contributed by atoms with van der Waals surface area (Å²) in [5, 5.41) is 7.83. The van der Waals surface area contributed by atoms with Gasteiger partial charge in [-0.05, 0) is 51.4 Å². The summed E-state index contributed by atoms with van der Waals surface area (Å²) in [5.41, 5.74) is 2.55. The molecule has 2 rings (SSSR count). The van der Waals surface area contributed by atoms with Crippen LogP contribution in [0.15, 0.2) is 6.07 Å². The maximum atomic E-state index is 4.53. The van der Waals surface area contributed by atoms with Crippen molar-refractivity contribution >= 4 is 0 Å². The lowest BCUT2D eigenvalue weighted by molar-refractivity contribution is 0.163. The van der Waals surface area contributed by atoms with Gasteiger partial charge in [0.1, 0.15) is 0 Å². The Labute approximate surface area is 110 Å². The smallest absolute Gasteiger partial charge is 0.0625 e. The highest BCUT2D eigenvalue weighted by molar-refractivity contribution is 5.10. The van der Waals surface area contributed by atoms with Crippen LogP contribution >= 0.6 is 0 Å². The number of aryl methyl sites for hydroxylation is 2. The number of aromatic nitrogens is 2. The van der Waals surface area contributed by atoms with E-state index >= 15 is 0 Å². The molecular weight excluding hydrogens is 224 g/mol. The maximum absolute atomic E-state index is 4.53. The number of likely N-dealkylation sites (tertiary alicyclic amines) is 1. The van der Waals surface area contributed by atoms with Gasteiger partial charge in [0.15, 0.2) is 0 Å². The molecule has 0 amide bonds. The van der Waals surface area contributed by atoms with Crippen molar-refractivity contribution in [2.75, 3.05) is 26.7 Å². The van der Waals surface area contributed by atoms with Crippen LogP contribution in [0.2, 0.25) is 0 Å². The average molecular weight is 250 g/mol. The van der Waals surface area contributed by atoms with Crippen molar-refractivity contribution in [1.82, 2.24) is 20.0 Å². The molecule has 4 nitrogen and oxygen atoms in total. The van der Waals surface area contributed by atoms with Crippen molar-refractivity contribution in [1.29, 1.82) is 0 Å². The number of hydrogen-bond acceptors (Lipinski definition) is 3. The molecule has 0 aromatic carbocycles. The SMILES string of the molecule is CCc1cc(CN2CCCC(CNC)C2)n(C)n1. The Bertz CT molecular complexity index is 370. The number of nitrogens with one attached hydrogen (secondary N) is 1. The minimum atomic E-state index is 0.808. The zero-order chi connectivity index (χ0) is 13.0. The minimum absolute atomic E-state index is 0.808. The van der Waals surface area contributed by atoms with Crippen molar-refractivity contribution < 1.29 is 0 Å². The van der Waals surface area contributed by atoms with Crippen molar-refractivity contribution in [3.05, 3.63) is 17.5 Å². The van der Waals surface area contributed by atoms with Crippen molar-refractivity contribution in [3.8, 4) is 0 Å². The van der Waals surface area contributed by atoms with Gasteiger partial charge < -0.3 is 5.32 Å². The minimum Gasteiger partial charge on any atom is -0.319 e. The fourth-order valence-corrected chi connectivity index (χ4v) is 2.87. The van der Waals surface area contributed by atoms with Gasteiger partial charge in [0.2, 0.25) is 0 Å². The fourth-order valence-electron chi connectivity index (χ4n) is 2.87. The summed E-state index contributed by atoms with van der Waals surface area (Å²) in [6.07, 6.45) is 3.71. The summed E-state index contributed by atoms with van der Waals surface area (Å²) in [6.45, 7) is 6.79. The van der Waals surface area contributed by atoms with Gasteiger partial charge in [-0.15, -0.1) is 0 Å². The summed E-state index contributed by atoms with van der Waals surface area (Å²) < 4.78 is 2.04. The van der Waals surface area contributed by atoms with E-state index in [0.717, 1.165) is 25.4 Å². The van der Waals surface area contributed by atoms with Gasteiger partial charge in [-0.25, -0.2) is 0 Å². The molecule has 4 heteroatoms. The van der Waals surface area contributed by atoms with Gasteiger partial charge in [-0.3, -0.25) is 9.58 Å². The highest BCUT2D eigenvalue weighted by Crippen LogP contribution is 2.18. The standard InChI is InChI=1S/C14H26N4/c1-4-13-8-14(17(3)16-13)11-18-7-5-6-12(10-18)9-15-2/h8,12,15H,4-7,9-11H2,1-3H3. The van der Waals surface area contributed by atoms with E-state index in [9.17, 15) is 0 Å². The predicted molar refractivity (Wildman–Crippen MR) is 74.5 cm³/mol. The second-order valence-electron chi connectivity index (χ2n) is 5.41.